The summed E-state index contributed by atoms with van der Waals surface area (Å²) in [5, 5.41) is 7.32. The van der Waals surface area contributed by atoms with E-state index in [1.807, 2.05) is 31.2 Å². The number of pyridine rings is 1. The van der Waals surface area contributed by atoms with Crippen LogP contribution in [-0.2, 0) is 4.79 Å². The van der Waals surface area contributed by atoms with Gasteiger partial charge in [0.15, 0.2) is 5.82 Å². The number of nitrogens with one attached hydrogen (secondary N) is 1. The van der Waals surface area contributed by atoms with Gasteiger partial charge in [-0.2, -0.15) is 9.78 Å². The molecule has 1 aromatic carbocycles. The fourth-order valence-corrected chi connectivity index (χ4v) is 4.14. The molecule has 0 radical (unpaired) electrons. The van der Waals surface area contributed by atoms with Gasteiger partial charge < -0.3 is 5.32 Å². The molecule has 1 atom stereocenters. The van der Waals surface area contributed by atoms with E-state index in [1.165, 1.54) is 23.9 Å². The molecule has 126 valence electrons. The smallest absolute Gasteiger partial charge is 0.235 e. The number of thioether (sulfide) groups is 1. The third-order valence-electron chi connectivity index (χ3n) is 4.03. The molecule has 1 amide bonds. The molecule has 0 bridgehead atoms. The average Bonchev–Trinajstić information content (AvgIpc) is 2.82. The number of anilines is 1. The Morgan fingerprint density at radius 3 is 2.92 bits per heavy atom. The number of halogens is 1. The largest absolute Gasteiger partial charge is 0.310 e. The Morgan fingerprint density at radius 1 is 1.28 bits per heavy atom. The number of aromatic nitrogens is 3. The third-order valence-corrected chi connectivity index (χ3v) is 5.30. The Labute approximate surface area is 148 Å². The van der Waals surface area contributed by atoms with Gasteiger partial charge in [-0.15, -0.1) is 11.8 Å². The van der Waals surface area contributed by atoms with Gasteiger partial charge in [0, 0.05) is 11.8 Å². The average molecular weight is 354 g/mol. The molecule has 0 spiro atoms. The highest BCUT2D eigenvalue weighted by Gasteiger charge is 2.30. The lowest BCUT2D eigenvalue weighted by molar-refractivity contribution is -0.113. The van der Waals surface area contributed by atoms with Crippen LogP contribution < -0.4 is 5.32 Å². The van der Waals surface area contributed by atoms with Crippen LogP contribution in [0.15, 0.2) is 48.7 Å². The van der Waals surface area contributed by atoms with E-state index in [4.69, 9.17) is 0 Å². The molecule has 4 rings (SSSR count). The highest BCUT2D eigenvalue weighted by atomic mass is 32.2. The summed E-state index contributed by atoms with van der Waals surface area (Å²) in [5.41, 5.74) is 2.48. The van der Waals surface area contributed by atoms with Crippen molar-refractivity contribution in [3.8, 4) is 5.82 Å². The molecule has 3 aromatic rings. The maximum atomic E-state index is 13.7. The van der Waals surface area contributed by atoms with Gasteiger partial charge in [-0.25, -0.2) is 9.37 Å². The van der Waals surface area contributed by atoms with Gasteiger partial charge in [-0.1, -0.05) is 18.2 Å². The van der Waals surface area contributed by atoms with Crippen LogP contribution >= 0.6 is 11.8 Å². The quantitative estimate of drug-likeness (QED) is 0.765. The van der Waals surface area contributed by atoms with E-state index >= 15 is 0 Å². The van der Waals surface area contributed by atoms with Gasteiger partial charge >= 0.3 is 0 Å². The molecule has 0 saturated heterocycles. The summed E-state index contributed by atoms with van der Waals surface area (Å²) in [5.74, 6) is 1.11. The van der Waals surface area contributed by atoms with E-state index in [9.17, 15) is 9.18 Å². The lowest BCUT2D eigenvalue weighted by Gasteiger charge is -2.15. The molecule has 1 aliphatic rings. The summed E-state index contributed by atoms with van der Waals surface area (Å²) >= 11 is 1.47. The fraction of sp³-hybridized carbons (Fsp3) is 0.167. The van der Waals surface area contributed by atoms with Crippen LogP contribution in [0.4, 0.5) is 10.2 Å². The SMILES string of the molecule is Cc1nn(-c2ccccn2)c2c1C(c1cccc(F)c1)SCC(=O)N2. The summed E-state index contributed by atoms with van der Waals surface area (Å²) in [6.45, 7) is 1.89. The Balaban J connectivity index is 1.90. The number of amides is 1. The number of hydrogen-bond acceptors (Lipinski definition) is 4. The molecule has 25 heavy (non-hydrogen) atoms. The van der Waals surface area contributed by atoms with E-state index in [0.29, 0.717) is 11.6 Å². The highest BCUT2D eigenvalue weighted by Crippen LogP contribution is 2.43. The van der Waals surface area contributed by atoms with Crippen LogP contribution in [0.5, 0.6) is 0 Å². The second-order valence-corrected chi connectivity index (χ2v) is 6.84. The summed E-state index contributed by atoms with van der Waals surface area (Å²) in [4.78, 5) is 16.5. The molecule has 2 aromatic heterocycles. The Bertz CT molecular complexity index is 942. The van der Waals surface area contributed by atoms with Crippen molar-refractivity contribution >= 4 is 23.5 Å². The monoisotopic (exact) mass is 354 g/mol. The minimum Gasteiger partial charge on any atom is -0.310 e. The normalized spacial score (nSPS) is 16.9. The number of hydrogen-bond donors (Lipinski definition) is 1. The van der Waals surface area contributed by atoms with Crippen molar-refractivity contribution in [2.45, 2.75) is 12.2 Å². The molecule has 7 heteroatoms. The summed E-state index contributed by atoms with van der Waals surface area (Å²) < 4.78 is 15.4. The van der Waals surface area contributed by atoms with Crippen LogP contribution in [0.1, 0.15) is 22.1 Å². The summed E-state index contributed by atoms with van der Waals surface area (Å²) in [7, 11) is 0. The van der Waals surface area contributed by atoms with Crippen molar-refractivity contribution < 1.29 is 9.18 Å². The van der Waals surface area contributed by atoms with Crippen molar-refractivity contribution in [3.63, 3.8) is 0 Å². The highest BCUT2D eigenvalue weighted by molar-refractivity contribution is 8.00. The minimum atomic E-state index is -0.294. The zero-order chi connectivity index (χ0) is 17.4. The number of nitrogens with zero attached hydrogens (tertiary/aromatic N) is 3. The molecular formula is C18H15FN4OS. The first-order valence-corrected chi connectivity index (χ1v) is 8.86. The van der Waals surface area contributed by atoms with Gasteiger partial charge in [0.1, 0.15) is 11.6 Å². The number of carbonyl (C=O) groups excluding carboxylic acids is 1. The lowest BCUT2D eigenvalue weighted by Crippen LogP contribution is -2.16. The first-order chi connectivity index (χ1) is 12.1. The van der Waals surface area contributed by atoms with Crippen LogP contribution in [0.3, 0.4) is 0 Å². The zero-order valence-electron chi connectivity index (χ0n) is 13.4. The topological polar surface area (TPSA) is 59.8 Å². The second-order valence-electron chi connectivity index (χ2n) is 5.74. The van der Waals surface area contributed by atoms with E-state index in [0.717, 1.165) is 16.8 Å². The van der Waals surface area contributed by atoms with Crippen molar-refractivity contribution in [2.24, 2.45) is 0 Å². The summed E-state index contributed by atoms with van der Waals surface area (Å²) in [6.07, 6.45) is 1.68. The van der Waals surface area contributed by atoms with Crippen LogP contribution in [0.25, 0.3) is 5.82 Å². The number of benzene rings is 1. The van der Waals surface area contributed by atoms with E-state index in [2.05, 4.69) is 15.4 Å². The molecule has 0 aliphatic carbocycles. The lowest BCUT2D eigenvalue weighted by atomic mass is 10.0. The van der Waals surface area contributed by atoms with E-state index < -0.39 is 0 Å². The predicted octanol–water partition coefficient (Wildman–Crippen LogP) is 3.49. The van der Waals surface area contributed by atoms with Gasteiger partial charge in [0.2, 0.25) is 5.91 Å². The van der Waals surface area contributed by atoms with Gasteiger partial charge in [-0.05, 0) is 36.8 Å². The molecular weight excluding hydrogens is 339 g/mol. The molecule has 0 fully saturated rings. The van der Waals surface area contributed by atoms with E-state index in [1.54, 1.807) is 16.9 Å². The maximum Gasteiger partial charge on any atom is 0.235 e. The molecule has 3 heterocycles. The number of carbonyl (C=O) groups is 1. The third kappa shape index (κ3) is 2.91. The standard InChI is InChI=1S/C18H15FN4OS/c1-11-16-17(12-5-4-6-13(19)9-12)25-10-15(24)21-18(16)23(22-11)14-7-2-3-8-20-14/h2-9,17H,10H2,1H3,(H,21,24). The van der Waals surface area contributed by atoms with Gasteiger partial charge in [0.05, 0.1) is 16.7 Å². The number of aryl methyl sites for hydroxylation is 1. The second kappa shape index (κ2) is 6.33. The van der Waals surface area contributed by atoms with E-state index in [-0.39, 0.29) is 22.7 Å². The molecule has 5 nitrogen and oxygen atoms in total. The number of rotatable bonds is 2. The van der Waals surface area contributed by atoms with Crippen molar-refractivity contribution in [1.82, 2.24) is 14.8 Å². The Morgan fingerprint density at radius 2 is 2.16 bits per heavy atom. The van der Waals surface area contributed by atoms with Crippen LogP contribution in [-0.4, -0.2) is 26.4 Å². The van der Waals surface area contributed by atoms with Crippen molar-refractivity contribution in [3.05, 3.63) is 71.3 Å². The molecule has 1 unspecified atom stereocenters. The number of fused-ring (bicyclic) bond motifs is 1. The first-order valence-electron chi connectivity index (χ1n) is 7.81. The molecule has 1 N–H and O–H groups in total. The Hall–Kier alpha value is -2.67. The first kappa shape index (κ1) is 15.8. The van der Waals surface area contributed by atoms with Crippen LogP contribution in [0.2, 0.25) is 0 Å². The Kier molecular flexibility index (Phi) is 4.01. The molecule has 0 saturated carbocycles. The fourth-order valence-electron chi connectivity index (χ4n) is 2.96. The predicted molar refractivity (Wildman–Crippen MR) is 95.4 cm³/mol. The maximum absolute atomic E-state index is 13.7. The van der Waals surface area contributed by atoms with Crippen molar-refractivity contribution in [2.75, 3.05) is 11.1 Å². The zero-order valence-corrected chi connectivity index (χ0v) is 14.3. The van der Waals surface area contributed by atoms with Gasteiger partial charge in [-0.3, -0.25) is 4.79 Å². The van der Waals surface area contributed by atoms with Crippen LogP contribution in [0, 0.1) is 12.7 Å². The minimum absolute atomic E-state index is 0.109. The van der Waals surface area contributed by atoms with Gasteiger partial charge in [0.25, 0.3) is 0 Å². The summed E-state index contributed by atoms with van der Waals surface area (Å²) in [6, 6.07) is 12.0. The molecule has 1 aliphatic heterocycles. The van der Waals surface area contributed by atoms with Crippen molar-refractivity contribution in [1.29, 1.82) is 0 Å².